The first kappa shape index (κ1) is 8.05. The smallest absolute Gasteiger partial charge is 0.234 e. The molecule has 3 heteroatoms. The van der Waals surface area contributed by atoms with Gasteiger partial charge in [0.2, 0.25) is 5.91 Å². The van der Waals surface area contributed by atoms with Crippen LogP contribution in [0, 0.1) is 5.92 Å². The Balaban J connectivity index is 1.86. The summed E-state index contributed by atoms with van der Waals surface area (Å²) in [4.78, 5) is 11.1. The molecule has 2 saturated carbocycles. The Kier molecular flexibility index (Phi) is 2.05. The quantitative estimate of drug-likeness (QED) is 0.638. The van der Waals surface area contributed by atoms with Crippen LogP contribution in [0.2, 0.25) is 0 Å². The van der Waals surface area contributed by atoms with Gasteiger partial charge in [-0.15, -0.1) is 0 Å². The molecule has 2 fully saturated rings. The van der Waals surface area contributed by atoms with Crippen molar-refractivity contribution in [1.82, 2.24) is 5.32 Å². The summed E-state index contributed by atoms with van der Waals surface area (Å²) in [6, 6.07) is 0.550. The molecule has 2 aliphatic rings. The summed E-state index contributed by atoms with van der Waals surface area (Å²) >= 11 is 0. The van der Waals surface area contributed by atoms with Gasteiger partial charge in [-0.2, -0.15) is 0 Å². The zero-order chi connectivity index (χ0) is 8.55. The van der Waals surface area contributed by atoms with Crippen molar-refractivity contribution < 1.29 is 4.79 Å². The SMILES string of the molecule is NC(=O)C(NC1CC1)C1CCC1. The lowest BCUT2D eigenvalue weighted by atomic mass is 9.79. The van der Waals surface area contributed by atoms with E-state index >= 15 is 0 Å². The highest BCUT2D eigenvalue weighted by molar-refractivity contribution is 5.80. The number of primary amides is 1. The molecule has 1 amide bonds. The van der Waals surface area contributed by atoms with Gasteiger partial charge >= 0.3 is 0 Å². The maximum Gasteiger partial charge on any atom is 0.234 e. The standard InChI is InChI=1S/C9H16N2O/c10-9(12)8(6-2-1-3-6)11-7-4-5-7/h6-8,11H,1-5H2,(H2,10,12). The minimum Gasteiger partial charge on any atom is -0.368 e. The highest BCUT2D eigenvalue weighted by Crippen LogP contribution is 2.31. The lowest BCUT2D eigenvalue weighted by molar-refractivity contribution is -0.122. The number of amides is 1. The Morgan fingerprint density at radius 3 is 2.33 bits per heavy atom. The van der Waals surface area contributed by atoms with E-state index in [-0.39, 0.29) is 11.9 Å². The minimum absolute atomic E-state index is 0.0359. The highest BCUT2D eigenvalue weighted by Gasteiger charge is 2.35. The fourth-order valence-electron chi connectivity index (χ4n) is 1.73. The van der Waals surface area contributed by atoms with E-state index in [2.05, 4.69) is 5.32 Å². The fourth-order valence-corrected chi connectivity index (χ4v) is 1.73. The van der Waals surface area contributed by atoms with Gasteiger partial charge in [0, 0.05) is 6.04 Å². The van der Waals surface area contributed by atoms with Crippen molar-refractivity contribution in [1.29, 1.82) is 0 Å². The van der Waals surface area contributed by atoms with E-state index in [9.17, 15) is 4.79 Å². The molecule has 12 heavy (non-hydrogen) atoms. The lowest BCUT2D eigenvalue weighted by Crippen LogP contribution is -2.49. The van der Waals surface area contributed by atoms with E-state index < -0.39 is 0 Å². The summed E-state index contributed by atoms with van der Waals surface area (Å²) in [6.45, 7) is 0. The van der Waals surface area contributed by atoms with Gasteiger partial charge in [0.25, 0.3) is 0 Å². The molecule has 3 N–H and O–H groups in total. The minimum atomic E-state index is -0.161. The Morgan fingerprint density at radius 2 is 2.00 bits per heavy atom. The van der Waals surface area contributed by atoms with Crippen LogP contribution in [0.15, 0.2) is 0 Å². The summed E-state index contributed by atoms with van der Waals surface area (Å²) in [7, 11) is 0. The first-order chi connectivity index (χ1) is 5.77. The molecule has 0 heterocycles. The molecule has 0 aromatic carbocycles. The zero-order valence-electron chi connectivity index (χ0n) is 7.25. The Morgan fingerprint density at radius 1 is 1.33 bits per heavy atom. The highest BCUT2D eigenvalue weighted by atomic mass is 16.1. The second-order valence-corrected chi connectivity index (χ2v) is 4.01. The van der Waals surface area contributed by atoms with Gasteiger partial charge in [-0.1, -0.05) is 6.42 Å². The van der Waals surface area contributed by atoms with E-state index in [0.717, 1.165) is 0 Å². The molecule has 0 aromatic heterocycles. The molecule has 0 aliphatic heterocycles. The van der Waals surface area contributed by atoms with Crippen LogP contribution in [0.25, 0.3) is 0 Å². The molecular weight excluding hydrogens is 152 g/mol. The second kappa shape index (κ2) is 3.05. The van der Waals surface area contributed by atoms with Gasteiger partial charge in [0.05, 0.1) is 6.04 Å². The topological polar surface area (TPSA) is 55.1 Å². The number of rotatable bonds is 4. The lowest BCUT2D eigenvalue weighted by Gasteiger charge is -2.32. The summed E-state index contributed by atoms with van der Waals surface area (Å²) in [5.41, 5.74) is 5.32. The number of hydrogen-bond acceptors (Lipinski definition) is 2. The molecule has 0 radical (unpaired) electrons. The van der Waals surface area contributed by atoms with E-state index in [1.807, 2.05) is 0 Å². The predicted octanol–water partition coefficient (Wildman–Crippen LogP) is 0.392. The first-order valence-corrected chi connectivity index (χ1v) is 4.83. The molecule has 68 valence electrons. The van der Waals surface area contributed by atoms with Crippen molar-refractivity contribution in [3.8, 4) is 0 Å². The summed E-state index contributed by atoms with van der Waals surface area (Å²) in [5.74, 6) is 0.370. The third-order valence-electron chi connectivity index (χ3n) is 2.92. The molecule has 2 rings (SSSR count). The van der Waals surface area contributed by atoms with Crippen LogP contribution in [-0.2, 0) is 4.79 Å². The molecule has 0 bridgehead atoms. The van der Waals surface area contributed by atoms with Crippen LogP contribution in [0.5, 0.6) is 0 Å². The van der Waals surface area contributed by atoms with Gasteiger partial charge in [0.1, 0.15) is 0 Å². The summed E-state index contributed by atoms with van der Waals surface area (Å²) < 4.78 is 0. The summed E-state index contributed by atoms with van der Waals surface area (Å²) in [5, 5.41) is 3.32. The fraction of sp³-hybridized carbons (Fsp3) is 0.889. The van der Waals surface area contributed by atoms with E-state index in [1.165, 1.54) is 32.1 Å². The third-order valence-corrected chi connectivity index (χ3v) is 2.92. The predicted molar refractivity (Wildman–Crippen MR) is 46.5 cm³/mol. The van der Waals surface area contributed by atoms with Crippen LogP contribution < -0.4 is 11.1 Å². The van der Waals surface area contributed by atoms with Crippen LogP contribution in [-0.4, -0.2) is 18.0 Å². The molecule has 2 aliphatic carbocycles. The average Bonchev–Trinajstić information content (AvgIpc) is 2.65. The van der Waals surface area contributed by atoms with Gasteiger partial charge in [0.15, 0.2) is 0 Å². The zero-order valence-corrected chi connectivity index (χ0v) is 7.25. The van der Waals surface area contributed by atoms with Crippen molar-refractivity contribution in [2.75, 3.05) is 0 Å². The molecule has 0 saturated heterocycles. The van der Waals surface area contributed by atoms with Crippen LogP contribution >= 0.6 is 0 Å². The van der Waals surface area contributed by atoms with Crippen molar-refractivity contribution >= 4 is 5.91 Å². The maximum atomic E-state index is 11.1. The van der Waals surface area contributed by atoms with Gasteiger partial charge in [-0.3, -0.25) is 4.79 Å². The third kappa shape index (κ3) is 1.61. The largest absolute Gasteiger partial charge is 0.368 e. The number of carbonyl (C=O) groups excluding carboxylic acids is 1. The second-order valence-electron chi connectivity index (χ2n) is 4.01. The van der Waals surface area contributed by atoms with Crippen LogP contribution in [0.1, 0.15) is 32.1 Å². The van der Waals surface area contributed by atoms with Gasteiger partial charge in [-0.05, 0) is 31.6 Å². The van der Waals surface area contributed by atoms with Crippen molar-refractivity contribution in [3.63, 3.8) is 0 Å². The van der Waals surface area contributed by atoms with Crippen LogP contribution in [0.4, 0.5) is 0 Å². The summed E-state index contributed by atoms with van der Waals surface area (Å²) in [6.07, 6.45) is 6.05. The molecular formula is C9H16N2O. The van der Waals surface area contributed by atoms with Crippen LogP contribution in [0.3, 0.4) is 0 Å². The molecule has 0 spiro atoms. The first-order valence-electron chi connectivity index (χ1n) is 4.83. The van der Waals surface area contributed by atoms with Crippen molar-refractivity contribution in [3.05, 3.63) is 0 Å². The molecule has 1 atom stereocenters. The van der Waals surface area contributed by atoms with Gasteiger partial charge in [-0.25, -0.2) is 0 Å². The number of nitrogens with two attached hydrogens (primary N) is 1. The number of nitrogens with one attached hydrogen (secondary N) is 1. The van der Waals surface area contributed by atoms with E-state index in [1.54, 1.807) is 0 Å². The Hall–Kier alpha value is -0.570. The normalized spacial score (nSPS) is 26.3. The maximum absolute atomic E-state index is 11.1. The average molecular weight is 168 g/mol. The van der Waals surface area contributed by atoms with Crippen molar-refractivity contribution in [2.45, 2.75) is 44.2 Å². The number of hydrogen-bond donors (Lipinski definition) is 2. The van der Waals surface area contributed by atoms with E-state index in [0.29, 0.717) is 12.0 Å². The monoisotopic (exact) mass is 168 g/mol. The molecule has 0 aromatic rings. The van der Waals surface area contributed by atoms with Crippen molar-refractivity contribution in [2.24, 2.45) is 11.7 Å². The Bertz CT molecular complexity index is 185. The molecule has 3 nitrogen and oxygen atoms in total. The Labute approximate surface area is 72.7 Å². The van der Waals surface area contributed by atoms with Gasteiger partial charge < -0.3 is 11.1 Å². The number of carbonyl (C=O) groups is 1. The van der Waals surface area contributed by atoms with E-state index in [4.69, 9.17) is 5.73 Å². The molecule has 1 unspecified atom stereocenters.